The van der Waals surface area contributed by atoms with Crippen molar-refractivity contribution in [2.24, 2.45) is 0 Å². The molecule has 0 amide bonds. The first-order chi connectivity index (χ1) is 7.70. The number of piperazine rings is 1. The summed E-state index contributed by atoms with van der Waals surface area (Å²) in [6.07, 6.45) is 5.24. The molecule has 0 atom stereocenters. The maximum absolute atomic E-state index is 9.00. The molecule has 1 fully saturated rings. The first-order valence-electron chi connectivity index (χ1n) is 5.11. The maximum Gasteiger partial charge on any atom is 0.300 e. The summed E-state index contributed by atoms with van der Waals surface area (Å²) in [6, 6.07) is 0. The first kappa shape index (κ1) is 12.4. The lowest BCUT2D eigenvalue weighted by molar-refractivity contribution is -0.134. The minimum absolute atomic E-state index is 0.833. The van der Waals surface area contributed by atoms with Gasteiger partial charge in [0.25, 0.3) is 5.97 Å². The van der Waals surface area contributed by atoms with Crippen molar-refractivity contribution in [3.8, 4) is 0 Å². The highest BCUT2D eigenvalue weighted by molar-refractivity contribution is 5.62. The lowest BCUT2D eigenvalue weighted by Crippen LogP contribution is -2.43. The van der Waals surface area contributed by atoms with Crippen LogP contribution in [0.15, 0.2) is 18.6 Å². The van der Waals surface area contributed by atoms with Gasteiger partial charge in [-0.1, -0.05) is 0 Å². The van der Waals surface area contributed by atoms with Crippen LogP contribution in [0.5, 0.6) is 0 Å². The Kier molecular flexibility index (Phi) is 5.21. The maximum atomic E-state index is 9.00. The van der Waals surface area contributed by atoms with Crippen LogP contribution >= 0.6 is 0 Å². The Bertz CT molecular complexity index is 308. The summed E-state index contributed by atoms with van der Waals surface area (Å²) in [5.41, 5.74) is 0. The number of nitrogens with one attached hydrogen (secondary N) is 1. The molecule has 2 heterocycles. The number of nitrogens with zero attached hydrogens (tertiary/aromatic N) is 3. The van der Waals surface area contributed by atoms with Crippen molar-refractivity contribution in [2.75, 3.05) is 31.1 Å². The zero-order valence-electron chi connectivity index (χ0n) is 9.26. The van der Waals surface area contributed by atoms with Gasteiger partial charge < -0.3 is 15.3 Å². The van der Waals surface area contributed by atoms with E-state index >= 15 is 0 Å². The van der Waals surface area contributed by atoms with Crippen LogP contribution in [0.3, 0.4) is 0 Å². The molecule has 0 radical (unpaired) electrons. The molecule has 1 aliphatic rings. The number of carboxylic acid groups (broad SMARTS) is 1. The second-order valence-corrected chi connectivity index (χ2v) is 3.32. The highest BCUT2D eigenvalue weighted by Gasteiger charge is 2.10. The zero-order valence-corrected chi connectivity index (χ0v) is 9.26. The number of anilines is 1. The van der Waals surface area contributed by atoms with Crippen LogP contribution in [0.4, 0.5) is 5.82 Å². The smallest absolute Gasteiger partial charge is 0.300 e. The third kappa shape index (κ3) is 4.70. The van der Waals surface area contributed by atoms with Gasteiger partial charge in [0.1, 0.15) is 5.82 Å². The van der Waals surface area contributed by atoms with Gasteiger partial charge >= 0.3 is 0 Å². The molecular weight excluding hydrogens is 208 g/mol. The van der Waals surface area contributed by atoms with Crippen molar-refractivity contribution in [1.82, 2.24) is 15.3 Å². The molecule has 0 spiro atoms. The van der Waals surface area contributed by atoms with E-state index in [0.29, 0.717) is 0 Å². The molecule has 6 heteroatoms. The fourth-order valence-corrected chi connectivity index (χ4v) is 1.35. The second-order valence-electron chi connectivity index (χ2n) is 3.32. The number of rotatable bonds is 1. The molecule has 0 aromatic carbocycles. The van der Waals surface area contributed by atoms with E-state index in [2.05, 4.69) is 20.2 Å². The van der Waals surface area contributed by atoms with Crippen molar-refractivity contribution >= 4 is 11.8 Å². The molecule has 0 aliphatic carbocycles. The number of carbonyl (C=O) groups is 1. The number of aliphatic carboxylic acids is 1. The van der Waals surface area contributed by atoms with Gasteiger partial charge in [-0.3, -0.25) is 9.78 Å². The first-order valence-corrected chi connectivity index (χ1v) is 5.11. The van der Waals surface area contributed by atoms with Gasteiger partial charge in [0.05, 0.1) is 6.20 Å². The summed E-state index contributed by atoms with van der Waals surface area (Å²) in [6.45, 7) is 5.21. The molecule has 0 unspecified atom stereocenters. The summed E-state index contributed by atoms with van der Waals surface area (Å²) >= 11 is 0. The predicted molar refractivity (Wildman–Crippen MR) is 60.4 cm³/mol. The van der Waals surface area contributed by atoms with E-state index in [0.717, 1.165) is 38.9 Å². The molecular formula is C10H16N4O2. The summed E-state index contributed by atoms with van der Waals surface area (Å²) in [5, 5.41) is 10.7. The van der Waals surface area contributed by atoms with Crippen molar-refractivity contribution in [3.05, 3.63) is 18.6 Å². The van der Waals surface area contributed by atoms with E-state index < -0.39 is 5.97 Å². The van der Waals surface area contributed by atoms with Gasteiger partial charge in [0.15, 0.2) is 0 Å². The monoisotopic (exact) mass is 224 g/mol. The van der Waals surface area contributed by atoms with Crippen LogP contribution in [0.25, 0.3) is 0 Å². The van der Waals surface area contributed by atoms with Gasteiger partial charge in [-0.25, -0.2) is 4.98 Å². The van der Waals surface area contributed by atoms with Gasteiger partial charge in [-0.2, -0.15) is 0 Å². The molecule has 2 N–H and O–H groups in total. The summed E-state index contributed by atoms with van der Waals surface area (Å²) in [4.78, 5) is 19.5. The molecule has 1 aliphatic heterocycles. The zero-order chi connectivity index (χ0) is 11.8. The molecule has 16 heavy (non-hydrogen) atoms. The summed E-state index contributed by atoms with van der Waals surface area (Å²) < 4.78 is 0. The number of carboxylic acids is 1. The fraction of sp³-hybridized carbons (Fsp3) is 0.500. The Balaban J connectivity index is 0.000000280. The Morgan fingerprint density at radius 3 is 2.56 bits per heavy atom. The van der Waals surface area contributed by atoms with E-state index in [1.54, 1.807) is 12.4 Å². The molecule has 0 bridgehead atoms. The van der Waals surface area contributed by atoms with Crippen LogP contribution < -0.4 is 10.2 Å². The van der Waals surface area contributed by atoms with E-state index in [1.165, 1.54) is 0 Å². The minimum Gasteiger partial charge on any atom is -0.481 e. The van der Waals surface area contributed by atoms with Crippen LogP contribution in [0, 0.1) is 0 Å². The summed E-state index contributed by atoms with van der Waals surface area (Å²) in [7, 11) is 0. The number of aromatic nitrogens is 2. The molecule has 0 saturated carbocycles. The van der Waals surface area contributed by atoms with Crippen molar-refractivity contribution in [1.29, 1.82) is 0 Å². The second kappa shape index (κ2) is 6.73. The minimum atomic E-state index is -0.833. The van der Waals surface area contributed by atoms with E-state index in [-0.39, 0.29) is 0 Å². The van der Waals surface area contributed by atoms with Crippen LogP contribution in [0.2, 0.25) is 0 Å². The molecule has 1 aromatic rings. The van der Waals surface area contributed by atoms with E-state index in [9.17, 15) is 0 Å². The lowest BCUT2D eigenvalue weighted by Gasteiger charge is -2.27. The Labute approximate surface area is 94.3 Å². The molecule has 2 rings (SSSR count). The highest BCUT2D eigenvalue weighted by Crippen LogP contribution is 2.07. The average molecular weight is 224 g/mol. The van der Waals surface area contributed by atoms with Gasteiger partial charge in [0.2, 0.25) is 0 Å². The fourth-order valence-electron chi connectivity index (χ4n) is 1.35. The number of hydrogen-bond acceptors (Lipinski definition) is 5. The van der Waals surface area contributed by atoms with Crippen molar-refractivity contribution in [3.63, 3.8) is 0 Å². The SMILES string of the molecule is CC(=O)O.c1cnc(N2CCNCC2)cn1. The van der Waals surface area contributed by atoms with Gasteiger partial charge in [0, 0.05) is 45.5 Å². The van der Waals surface area contributed by atoms with E-state index in [1.807, 2.05) is 6.20 Å². The van der Waals surface area contributed by atoms with Crippen molar-refractivity contribution < 1.29 is 9.90 Å². The Hall–Kier alpha value is -1.69. The normalized spacial score (nSPS) is 14.9. The standard InChI is InChI=1S/C8H12N4.C2H4O2/c1-2-11-8(7-10-1)12-5-3-9-4-6-12;1-2(3)4/h1-2,7,9H,3-6H2;1H3,(H,3,4). The molecule has 1 saturated heterocycles. The van der Waals surface area contributed by atoms with Gasteiger partial charge in [-0.05, 0) is 0 Å². The quantitative estimate of drug-likeness (QED) is 0.698. The lowest BCUT2D eigenvalue weighted by atomic mass is 10.4. The van der Waals surface area contributed by atoms with Crippen molar-refractivity contribution in [2.45, 2.75) is 6.92 Å². The molecule has 1 aromatic heterocycles. The van der Waals surface area contributed by atoms with E-state index in [4.69, 9.17) is 9.90 Å². The van der Waals surface area contributed by atoms with Gasteiger partial charge in [-0.15, -0.1) is 0 Å². The average Bonchev–Trinajstić information content (AvgIpc) is 2.31. The third-order valence-corrected chi connectivity index (χ3v) is 1.99. The topological polar surface area (TPSA) is 78.3 Å². The summed E-state index contributed by atoms with van der Waals surface area (Å²) in [5.74, 6) is 0.152. The highest BCUT2D eigenvalue weighted by atomic mass is 16.4. The van der Waals surface area contributed by atoms with Crippen LogP contribution in [-0.4, -0.2) is 47.2 Å². The number of hydrogen-bond donors (Lipinski definition) is 2. The Morgan fingerprint density at radius 1 is 1.44 bits per heavy atom. The Morgan fingerprint density at radius 2 is 2.06 bits per heavy atom. The van der Waals surface area contributed by atoms with Crippen LogP contribution in [-0.2, 0) is 4.79 Å². The molecule has 6 nitrogen and oxygen atoms in total. The van der Waals surface area contributed by atoms with Crippen LogP contribution in [0.1, 0.15) is 6.92 Å². The largest absolute Gasteiger partial charge is 0.481 e. The predicted octanol–water partition coefficient (Wildman–Crippen LogP) is -0.0229. The third-order valence-electron chi connectivity index (χ3n) is 1.99. The molecule has 88 valence electrons.